The molecule has 0 aliphatic carbocycles. The molecule has 2 atom stereocenters. The first-order chi connectivity index (χ1) is 11.9. The van der Waals surface area contributed by atoms with Crippen LogP contribution in [0.15, 0.2) is 33.7 Å². The van der Waals surface area contributed by atoms with Gasteiger partial charge in [0, 0.05) is 22.8 Å². The molecule has 0 saturated carbocycles. The maximum atomic E-state index is 14.1. The van der Waals surface area contributed by atoms with E-state index in [2.05, 4.69) is 26.2 Å². The first-order valence-electron chi connectivity index (χ1n) is 7.89. The van der Waals surface area contributed by atoms with Crippen LogP contribution < -0.4 is 10.9 Å². The Morgan fingerprint density at radius 3 is 2.96 bits per heavy atom. The molecular weight excluding hydrogens is 413 g/mol. The van der Waals surface area contributed by atoms with Crippen molar-refractivity contribution >= 4 is 39.2 Å². The second kappa shape index (κ2) is 6.14. The lowest BCUT2D eigenvalue weighted by Gasteiger charge is -2.36. The van der Waals surface area contributed by atoms with Crippen molar-refractivity contribution in [2.75, 3.05) is 5.32 Å². The first kappa shape index (κ1) is 16.6. The molecule has 8 heteroatoms. The van der Waals surface area contributed by atoms with Crippen molar-refractivity contribution in [3.05, 3.63) is 61.2 Å². The lowest BCUT2D eigenvalue weighted by Crippen LogP contribution is -2.44. The number of amides is 2. The van der Waals surface area contributed by atoms with Crippen molar-refractivity contribution in [2.24, 2.45) is 0 Å². The number of aromatic amines is 1. The minimum absolute atomic E-state index is 0.00767. The van der Waals surface area contributed by atoms with E-state index in [1.165, 1.54) is 12.1 Å². The third-order valence-electron chi connectivity index (χ3n) is 4.85. The molecule has 2 aliphatic rings. The van der Waals surface area contributed by atoms with Crippen molar-refractivity contribution in [3.8, 4) is 0 Å². The molecule has 1 fully saturated rings. The lowest BCUT2D eigenvalue weighted by atomic mass is 9.95. The van der Waals surface area contributed by atoms with Crippen molar-refractivity contribution in [1.29, 1.82) is 0 Å². The standard InChI is InChI=1S/C17H14BrClFN3O2/c18-11-5-13(20)14(6-12(11)19)22-17(25)23-9-1-2-15(23)10-7-21-16(24)4-8(10)3-9/h4-7,9,15H,1-3H2,(H,21,24)(H,22,25)/t9-,15+/m1/s1. The molecule has 1 saturated heterocycles. The lowest BCUT2D eigenvalue weighted by molar-refractivity contribution is 0.179. The summed E-state index contributed by atoms with van der Waals surface area (Å²) in [4.78, 5) is 28.7. The molecule has 1 aromatic carbocycles. The third-order valence-corrected chi connectivity index (χ3v) is 6.05. The van der Waals surface area contributed by atoms with Gasteiger partial charge in [-0.25, -0.2) is 9.18 Å². The minimum atomic E-state index is -0.557. The second-order valence-corrected chi connectivity index (χ2v) is 7.57. The third kappa shape index (κ3) is 2.85. The summed E-state index contributed by atoms with van der Waals surface area (Å²) >= 11 is 9.15. The molecule has 4 rings (SSSR count). The van der Waals surface area contributed by atoms with Crippen LogP contribution in [0.2, 0.25) is 5.02 Å². The fourth-order valence-electron chi connectivity index (χ4n) is 3.76. The summed E-state index contributed by atoms with van der Waals surface area (Å²) in [6.45, 7) is 0. The van der Waals surface area contributed by atoms with Gasteiger partial charge < -0.3 is 15.2 Å². The van der Waals surface area contributed by atoms with E-state index in [4.69, 9.17) is 11.6 Å². The highest BCUT2D eigenvalue weighted by atomic mass is 79.9. The summed E-state index contributed by atoms with van der Waals surface area (Å²) in [5.74, 6) is -0.557. The number of hydrogen-bond acceptors (Lipinski definition) is 2. The van der Waals surface area contributed by atoms with Crippen LogP contribution in [-0.4, -0.2) is 22.0 Å². The number of fused-ring (bicyclic) bond motifs is 4. The Bertz CT molecular complexity index is 933. The monoisotopic (exact) mass is 425 g/mol. The molecule has 2 aliphatic heterocycles. The van der Waals surface area contributed by atoms with E-state index < -0.39 is 5.82 Å². The molecule has 2 N–H and O–H groups in total. The molecule has 2 aromatic rings. The van der Waals surface area contributed by atoms with Gasteiger partial charge in [-0.3, -0.25) is 4.79 Å². The fraction of sp³-hybridized carbons (Fsp3) is 0.294. The van der Waals surface area contributed by atoms with Crippen molar-refractivity contribution in [3.63, 3.8) is 0 Å². The van der Waals surface area contributed by atoms with Crippen LogP contribution in [0.5, 0.6) is 0 Å². The average molecular weight is 427 g/mol. The highest BCUT2D eigenvalue weighted by Crippen LogP contribution is 2.43. The number of halogens is 3. The number of carbonyl (C=O) groups excluding carboxylic acids is 1. The van der Waals surface area contributed by atoms with Crippen LogP contribution in [0, 0.1) is 5.82 Å². The van der Waals surface area contributed by atoms with E-state index in [-0.39, 0.29) is 29.4 Å². The summed E-state index contributed by atoms with van der Waals surface area (Å²) < 4.78 is 14.5. The molecule has 0 spiro atoms. The van der Waals surface area contributed by atoms with E-state index in [0.717, 1.165) is 24.0 Å². The Morgan fingerprint density at radius 2 is 2.16 bits per heavy atom. The largest absolute Gasteiger partial charge is 0.329 e. The van der Waals surface area contributed by atoms with Crippen LogP contribution in [0.25, 0.3) is 0 Å². The number of aromatic nitrogens is 1. The van der Waals surface area contributed by atoms with Crippen LogP contribution >= 0.6 is 27.5 Å². The zero-order valence-corrected chi connectivity index (χ0v) is 15.3. The molecular formula is C17H14BrClFN3O2. The zero-order chi connectivity index (χ0) is 17.7. The van der Waals surface area contributed by atoms with Crippen LogP contribution in [0.1, 0.15) is 30.0 Å². The zero-order valence-electron chi connectivity index (χ0n) is 13.0. The average Bonchev–Trinajstić information content (AvgIpc) is 2.88. The molecule has 2 bridgehead atoms. The van der Waals surface area contributed by atoms with Crippen LogP contribution in [-0.2, 0) is 6.42 Å². The minimum Gasteiger partial charge on any atom is -0.329 e. The number of nitrogens with one attached hydrogen (secondary N) is 2. The normalized spacial score (nSPS) is 21.2. The number of benzene rings is 1. The molecule has 2 amide bonds. The van der Waals surface area contributed by atoms with Crippen LogP contribution in [0.3, 0.4) is 0 Å². The van der Waals surface area contributed by atoms with Gasteiger partial charge in [0.25, 0.3) is 0 Å². The van der Waals surface area contributed by atoms with E-state index in [0.29, 0.717) is 15.9 Å². The summed E-state index contributed by atoms with van der Waals surface area (Å²) in [6.07, 6.45) is 3.99. The number of pyridine rings is 1. The van der Waals surface area contributed by atoms with Gasteiger partial charge >= 0.3 is 6.03 Å². The number of rotatable bonds is 1. The SMILES string of the molecule is O=C(Nc1cc(Cl)c(Br)cc1F)N1[C@@H]2CC[C@H]1c1c[nH]c(=O)cc1C2. The number of nitrogens with zero attached hydrogens (tertiary/aromatic N) is 1. The second-order valence-electron chi connectivity index (χ2n) is 6.31. The summed E-state index contributed by atoms with van der Waals surface area (Å²) in [6, 6.07) is 3.75. The maximum absolute atomic E-state index is 14.1. The topological polar surface area (TPSA) is 65.2 Å². The number of urea groups is 1. The molecule has 0 radical (unpaired) electrons. The summed E-state index contributed by atoms with van der Waals surface area (Å²) in [7, 11) is 0. The molecule has 1 aromatic heterocycles. The van der Waals surface area contributed by atoms with Gasteiger partial charge in [-0.05, 0) is 58.5 Å². The van der Waals surface area contributed by atoms with Crippen molar-refractivity contribution < 1.29 is 9.18 Å². The Hall–Kier alpha value is -1.86. The number of carbonyl (C=O) groups is 1. The van der Waals surface area contributed by atoms with Gasteiger partial charge in [0.2, 0.25) is 5.56 Å². The summed E-state index contributed by atoms with van der Waals surface area (Å²) in [5, 5.41) is 2.95. The Labute approximate surface area is 156 Å². The molecule has 3 heterocycles. The number of H-pyrrole nitrogens is 1. The van der Waals surface area contributed by atoms with Crippen molar-refractivity contribution in [2.45, 2.75) is 31.3 Å². The molecule has 5 nitrogen and oxygen atoms in total. The van der Waals surface area contributed by atoms with Gasteiger partial charge in [0.1, 0.15) is 5.82 Å². The maximum Gasteiger partial charge on any atom is 0.322 e. The molecule has 25 heavy (non-hydrogen) atoms. The quantitative estimate of drug-likeness (QED) is 0.671. The Morgan fingerprint density at radius 1 is 1.36 bits per heavy atom. The van der Waals surface area contributed by atoms with E-state index in [1.54, 1.807) is 17.2 Å². The van der Waals surface area contributed by atoms with E-state index in [9.17, 15) is 14.0 Å². The van der Waals surface area contributed by atoms with E-state index >= 15 is 0 Å². The molecule has 130 valence electrons. The molecule has 0 unspecified atom stereocenters. The van der Waals surface area contributed by atoms with Gasteiger partial charge in [-0.1, -0.05) is 11.6 Å². The Balaban J connectivity index is 1.63. The fourth-order valence-corrected chi connectivity index (χ4v) is 4.24. The number of anilines is 1. The van der Waals surface area contributed by atoms with Gasteiger partial charge in [-0.2, -0.15) is 0 Å². The van der Waals surface area contributed by atoms with Crippen LogP contribution in [0.4, 0.5) is 14.9 Å². The highest BCUT2D eigenvalue weighted by Gasteiger charge is 2.42. The first-order valence-corrected chi connectivity index (χ1v) is 9.06. The highest BCUT2D eigenvalue weighted by molar-refractivity contribution is 9.10. The van der Waals surface area contributed by atoms with Gasteiger partial charge in [0.05, 0.1) is 16.8 Å². The van der Waals surface area contributed by atoms with Gasteiger partial charge in [0.15, 0.2) is 0 Å². The van der Waals surface area contributed by atoms with Gasteiger partial charge in [-0.15, -0.1) is 0 Å². The number of hydrogen-bond donors (Lipinski definition) is 2. The smallest absolute Gasteiger partial charge is 0.322 e. The Kier molecular flexibility index (Phi) is 4.08. The summed E-state index contributed by atoms with van der Waals surface area (Å²) in [5.41, 5.74) is 1.85. The van der Waals surface area contributed by atoms with Crippen molar-refractivity contribution in [1.82, 2.24) is 9.88 Å². The predicted molar refractivity (Wildman–Crippen MR) is 96.5 cm³/mol. The predicted octanol–water partition coefficient (Wildman–Crippen LogP) is 4.22. The van der Waals surface area contributed by atoms with E-state index in [1.807, 2.05) is 0 Å².